The van der Waals surface area contributed by atoms with Crippen LogP contribution in [0, 0.1) is 0 Å². The van der Waals surface area contributed by atoms with Crippen LogP contribution in [-0.2, 0) is 0 Å². The van der Waals surface area contributed by atoms with Gasteiger partial charge in [-0.3, -0.25) is 4.98 Å². The Morgan fingerprint density at radius 2 is 1.40 bits per heavy atom. The number of ether oxygens (including phenoxy) is 4. The Morgan fingerprint density at radius 3 is 2.00 bits per heavy atom. The first-order chi connectivity index (χ1) is 12.2. The molecule has 3 rings (SSSR count). The topological polar surface area (TPSA) is 61.8 Å². The summed E-state index contributed by atoms with van der Waals surface area (Å²) < 4.78 is 21.4. The van der Waals surface area contributed by atoms with Gasteiger partial charge in [-0.15, -0.1) is 0 Å². The van der Waals surface area contributed by atoms with E-state index in [0.29, 0.717) is 23.0 Å². The summed E-state index contributed by atoms with van der Waals surface area (Å²) in [6.07, 6.45) is 1.74. The summed E-state index contributed by atoms with van der Waals surface area (Å²) in [6.45, 7) is 0. The molecule has 6 heteroatoms. The van der Waals surface area contributed by atoms with Crippen molar-refractivity contribution in [2.45, 2.75) is 0 Å². The molecule has 0 fully saturated rings. The highest BCUT2D eigenvalue weighted by atomic mass is 16.5. The molecule has 0 unspecified atom stereocenters. The zero-order valence-corrected chi connectivity index (χ0v) is 14.6. The summed E-state index contributed by atoms with van der Waals surface area (Å²) in [4.78, 5) is 4.41. The summed E-state index contributed by atoms with van der Waals surface area (Å²) >= 11 is 0. The molecule has 0 amide bonds. The van der Waals surface area contributed by atoms with E-state index in [-0.39, 0.29) is 0 Å². The zero-order chi connectivity index (χ0) is 17.8. The van der Waals surface area contributed by atoms with Crippen molar-refractivity contribution in [3.63, 3.8) is 0 Å². The number of nitrogens with zero attached hydrogens (tertiary/aromatic N) is 1. The lowest BCUT2D eigenvalue weighted by Gasteiger charge is -2.14. The second kappa shape index (κ2) is 7.17. The number of rotatable bonds is 6. The summed E-state index contributed by atoms with van der Waals surface area (Å²) in [7, 11) is 6.46. The third-order valence-electron chi connectivity index (χ3n) is 3.88. The molecule has 1 N–H and O–H groups in total. The van der Waals surface area contributed by atoms with Crippen LogP contribution in [0.25, 0.3) is 10.9 Å². The molecule has 0 bridgehead atoms. The average Bonchev–Trinajstić information content (AvgIpc) is 2.66. The predicted octanol–water partition coefficient (Wildman–Crippen LogP) is 4.01. The fraction of sp³-hybridized carbons (Fsp3) is 0.211. The number of fused-ring (bicyclic) bond motifs is 1. The molecule has 1 heterocycles. The number of methoxy groups -OCH3 is 4. The lowest BCUT2D eigenvalue weighted by Crippen LogP contribution is -1.96. The first-order valence-electron chi connectivity index (χ1n) is 7.69. The standard InChI is InChI=1S/C19H20N2O4/c1-22-13-7-12(8-14(9-13)23-2)21-16-5-6-20-17-11-19(25-4)18(24-3)10-15(16)17/h5-11H,1-4H3,(H,20,21). The van der Waals surface area contributed by atoms with Crippen LogP contribution in [0.15, 0.2) is 42.6 Å². The lowest BCUT2D eigenvalue weighted by molar-refractivity contribution is 0.356. The maximum absolute atomic E-state index is 5.40. The molecule has 0 aliphatic heterocycles. The molecule has 0 saturated carbocycles. The number of aromatic nitrogens is 1. The van der Waals surface area contributed by atoms with Gasteiger partial charge < -0.3 is 24.3 Å². The molecule has 3 aromatic rings. The van der Waals surface area contributed by atoms with E-state index in [1.165, 1.54) is 0 Å². The molecule has 130 valence electrons. The Hall–Kier alpha value is -3.15. The number of anilines is 2. The molecule has 0 aliphatic carbocycles. The van der Waals surface area contributed by atoms with Gasteiger partial charge in [0.25, 0.3) is 0 Å². The van der Waals surface area contributed by atoms with Crippen LogP contribution >= 0.6 is 0 Å². The van der Waals surface area contributed by atoms with E-state index in [2.05, 4.69) is 10.3 Å². The van der Waals surface area contributed by atoms with E-state index in [4.69, 9.17) is 18.9 Å². The molecule has 6 nitrogen and oxygen atoms in total. The minimum absolute atomic E-state index is 0.641. The van der Waals surface area contributed by atoms with E-state index in [0.717, 1.165) is 22.3 Å². The normalized spacial score (nSPS) is 10.4. The van der Waals surface area contributed by atoms with E-state index < -0.39 is 0 Å². The second-order valence-electron chi connectivity index (χ2n) is 5.31. The van der Waals surface area contributed by atoms with Crippen LogP contribution < -0.4 is 24.3 Å². The fourth-order valence-electron chi connectivity index (χ4n) is 2.62. The maximum atomic E-state index is 5.40. The maximum Gasteiger partial charge on any atom is 0.162 e. The van der Waals surface area contributed by atoms with Gasteiger partial charge in [0.15, 0.2) is 11.5 Å². The van der Waals surface area contributed by atoms with Crippen molar-refractivity contribution in [3.8, 4) is 23.0 Å². The summed E-state index contributed by atoms with van der Waals surface area (Å²) in [5.74, 6) is 2.70. The van der Waals surface area contributed by atoms with Crippen LogP contribution in [0.1, 0.15) is 0 Å². The van der Waals surface area contributed by atoms with Gasteiger partial charge >= 0.3 is 0 Å². The summed E-state index contributed by atoms with van der Waals surface area (Å²) in [6, 6.07) is 11.3. The third kappa shape index (κ3) is 3.38. The number of hydrogen-bond donors (Lipinski definition) is 1. The van der Waals surface area contributed by atoms with Gasteiger partial charge in [0.2, 0.25) is 0 Å². The van der Waals surface area contributed by atoms with Gasteiger partial charge in [0, 0.05) is 47.2 Å². The van der Waals surface area contributed by atoms with Gasteiger partial charge in [-0.05, 0) is 12.1 Å². The molecule has 2 aromatic carbocycles. The van der Waals surface area contributed by atoms with Crippen LogP contribution in [0.3, 0.4) is 0 Å². The lowest BCUT2D eigenvalue weighted by atomic mass is 10.1. The Balaban J connectivity index is 2.07. The average molecular weight is 340 g/mol. The molecular weight excluding hydrogens is 320 g/mol. The Labute approximate surface area is 146 Å². The predicted molar refractivity (Wildman–Crippen MR) is 97.7 cm³/mol. The van der Waals surface area contributed by atoms with E-state index in [1.807, 2.05) is 36.4 Å². The van der Waals surface area contributed by atoms with E-state index in [9.17, 15) is 0 Å². The minimum atomic E-state index is 0.641. The monoisotopic (exact) mass is 340 g/mol. The second-order valence-corrected chi connectivity index (χ2v) is 5.31. The van der Waals surface area contributed by atoms with Gasteiger partial charge in [0.1, 0.15) is 11.5 Å². The Kier molecular flexibility index (Phi) is 4.79. The minimum Gasteiger partial charge on any atom is -0.497 e. The molecular formula is C19H20N2O4. The zero-order valence-electron chi connectivity index (χ0n) is 14.6. The number of hydrogen-bond acceptors (Lipinski definition) is 6. The summed E-state index contributed by atoms with van der Waals surface area (Å²) in [5.41, 5.74) is 2.54. The molecule has 0 saturated heterocycles. The van der Waals surface area contributed by atoms with Crippen molar-refractivity contribution in [3.05, 3.63) is 42.6 Å². The first kappa shape index (κ1) is 16.7. The fourth-order valence-corrected chi connectivity index (χ4v) is 2.62. The van der Waals surface area contributed by atoms with E-state index >= 15 is 0 Å². The van der Waals surface area contributed by atoms with Crippen LogP contribution in [-0.4, -0.2) is 33.4 Å². The van der Waals surface area contributed by atoms with Crippen molar-refractivity contribution in [1.29, 1.82) is 0 Å². The molecule has 0 atom stereocenters. The SMILES string of the molecule is COc1cc(Nc2ccnc3cc(OC)c(OC)cc23)cc(OC)c1. The first-order valence-corrected chi connectivity index (χ1v) is 7.69. The van der Waals surface area contributed by atoms with Crippen molar-refractivity contribution in [2.24, 2.45) is 0 Å². The van der Waals surface area contributed by atoms with Crippen molar-refractivity contribution in [2.75, 3.05) is 33.8 Å². The van der Waals surface area contributed by atoms with Crippen LogP contribution in [0.5, 0.6) is 23.0 Å². The van der Waals surface area contributed by atoms with Crippen LogP contribution in [0.4, 0.5) is 11.4 Å². The largest absolute Gasteiger partial charge is 0.497 e. The Bertz CT molecular complexity index is 874. The smallest absolute Gasteiger partial charge is 0.162 e. The molecule has 1 aromatic heterocycles. The molecule has 0 spiro atoms. The van der Waals surface area contributed by atoms with Crippen molar-refractivity contribution in [1.82, 2.24) is 4.98 Å². The van der Waals surface area contributed by atoms with Gasteiger partial charge in [-0.25, -0.2) is 0 Å². The van der Waals surface area contributed by atoms with Crippen molar-refractivity contribution < 1.29 is 18.9 Å². The van der Waals surface area contributed by atoms with Crippen molar-refractivity contribution >= 4 is 22.3 Å². The van der Waals surface area contributed by atoms with Gasteiger partial charge in [-0.1, -0.05) is 0 Å². The Morgan fingerprint density at radius 1 is 0.760 bits per heavy atom. The molecule has 0 aliphatic rings. The molecule has 25 heavy (non-hydrogen) atoms. The highest BCUT2D eigenvalue weighted by Gasteiger charge is 2.11. The van der Waals surface area contributed by atoms with Gasteiger partial charge in [-0.2, -0.15) is 0 Å². The number of benzene rings is 2. The number of nitrogens with one attached hydrogen (secondary N) is 1. The third-order valence-corrected chi connectivity index (χ3v) is 3.88. The highest BCUT2D eigenvalue weighted by molar-refractivity contribution is 5.95. The summed E-state index contributed by atoms with van der Waals surface area (Å²) in [5, 5.41) is 4.31. The van der Waals surface area contributed by atoms with Gasteiger partial charge in [0.05, 0.1) is 34.0 Å². The van der Waals surface area contributed by atoms with Crippen LogP contribution in [0.2, 0.25) is 0 Å². The highest BCUT2D eigenvalue weighted by Crippen LogP contribution is 2.36. The quantitative estimate of drug-likeness (QED) is 0.731. The van der Waals surface area contributed by atoms with E-state index in [1.54, 1.807) is 34.6 Å². The molecule has 0 radical (unpaired) electrons. The number of pyridine rings is 1.